The van der Waals surface area contributed by atoms with Gasteiger partial charge in [0.25, 0.3) is 0 Å². The van der Waals surface area contributed by atoms with Crippen molar-refractivity contribution < 1.29 is 8.42 Å². The Bertz CT molecular complexity index is 1400. The van der Waals surface area contributed by atoms with Crippen molar-refractivity contribution in [3.63, 3.8) is 0 Å². The number of rotatable bonds is 6. The number of aromatic nitrogens is 2. The number of fused-ring (bicyclic) bond motifs is 1. The molecule has 3 aromatic carbocycles. The summed E-state index contributed by atoms with van der Waals surface area (Å²) in [6.07, 6.45) is 5.78. The first kappa shape index (κ1) is 23.3. The van der Waals surface area contributed by atoms with E-state index >= 15 is 0 Å². The second kappa shape index (κ2) is 9.68. The lowest BCUT2D eigenvalue weighted by Crippen LogP contribution is -2.45. The van der Waals surface area contributed by atoms with E-state index in [0.717, 1.165) is 33.6 Å². The van der Waals surface area contributed by atoms with E-state index in [4.69, 9.17) is 0 Å². The highest BCUT2D eigenvalue weighted by molar-refractivity contribution is 7.88. The molecule has 1 aliphatic rings. The molecule has 180 valence electrons. The van der Waals surface area contributed by atoms with Crippen molar-refractivity contribution in [2.24, 2.45) is 7.05 Å². The smallest absolute Gasteiger partial charge is 0.211 e. The molecule has 35 heavy (non-hydrogen) atoms. The van der Waals surface area contributed by atoms with Crippen LogP contribution in [-0.4, -0.2) is 41.1 Å². The molecule has 0 saturated heterocycles. The van der Waals surface area contributed by atoms with E-state index in [1.54, 1.807) is 10.6 Å². The van der Waals surface area contributed by atoms with Crippen LogP contribution in [0, 0.1) is 0 Å². The van der Waals surface area contributed by atoms with Crippen molar-refractivity contribution in [1.29, 1.82) is 0 Å². The van der Waals surface area contributed by atoms with Gasteiger partial charge in [0.15, 0.2) is 0 Å². The van der Waals surface area contributed by atoms with Crippen LogP contribution in [0.1, 0.15) is 16.8 Å². The standard InChI is InChI=1S/C28H30N4O2S/c1-30-18-26(29-21-30)19-31-20-27(15-22-9-5-3-6-10-22)32(35(2,33)34)17-25-16-24(13-14-28(25)31)23-11-7-4-8-12-23/h3-14,16,18,21,27H,15,17,19-20H2,1-2H3/t27-/m1/s1. The van der Waals surface area contributed by atoms with E-state index in [-0.39, 0.29) is 6.04 Å². The third-order valence-corrected chi connectivity index (χ3v) is 7.82. The summed E-state index contributed by atoms with van der Waals surface area (Å²) in [4.78, 5) is 6.83. The first-order chi connectivity index (χ1) is 16.9. The van der Waals surface area contributed by atoms with Crippen LogP contribution in [0.25, 0.3) is 11.1 Å². The zero-order valence-electron chi connectivity index (χ0n) is 20.1. The van der Waals surface area contributed by atoms with Crippen molar-refractivity contribution in [2.75, 3.05) is 17.7 Å². The van der Waals surface area contributed by atoms with Gasteiger partial charge in [0.1, 0.15) is 0 Å². The second-order valence-electron chi connectivity index (χ2n) is 9.27. The minimum absolute atomic E-state index is 0.205. The van der Waals surface area contributed by atoms with E-state index in [2.05, 4.69) is 52.3 Å². The summed E-state index contributed by atoms with van der Waals surface area (Å²) < 4.78 is 29.7. The van der Waals surface area contributed by atoms with Crippen LogP contribution in [0.2, 0.25) is 0 Å². The summed E-state index contributed by atoms with van der Waals surface area (Å²) in [5.41, 5.74) is 6.33. The molecule has 0 aliphatic carbocycles. The van der Waals surface area contributed by atoms with Crippen LogP contribution in [0.4, 0.5) is 5.69 Å². The molecule has 6 nitrogen and oxygen atoms in total. The van der Waals surface area contributed by atoms with E-state index in [0.29, 0.717) is 26.1 Å². The number of anilines is 1. The number of benzene rings is 3. The highest BCUT2D eigenvalue weighted by Crippen LogP contribution is 2.34. The molecule has 0 N–H and O–H groups in total. The Hall–Kier alpha value is -3.42. The predicted molar refractivity (Wildman–Crippen MR) is 140 cm³/mol. The van der Waals surface area contributed by atoms with Crippen LogP contribution in [0.15, 0.2) is 91.4 Å². The number of nitrogens with zero attached hydrogens (tertiary/aromatic N) is 4. The zero-order chi connectivity index (χ0) is 24.4. The molecule has 5 rings (SSSR count). The van der Waals surface area contributed by atoms with Crippen LogP contribution < -0.4 is 4.90 Å². The summed E-state index contributed by atoms with van der Waals surface area (Å²) in [7, 11) is -1.48. The zero-order valence-corrected chi connectivity index (χ0v) is 20.9. The molecule has 0 bridgehead atoms. The first-order valence-electron chi connectivity index (χ1n) is 11.8. The van der Waals surface area contributed by atoms with Crippen LogP contribution in [-0.2, 0) is 36.6 Å². The van der Waals surface area contributed by atoms with E-state index < -0.39 is 10.0 Å². The Kier molecular flexibility index (Phi) is 6.45. The number of aryl methyl sites for hydroxylation is 1. The van der Waals surface area contributed by atoms with Gasteiger partial charge in [0.2, 0.25) is 10.0 Å². The largest absolute Gasteiger partial charge is 0.364 e. The van der Waals surface area contributed by atoms with E-state index in [1.807, 2.05) is 54.2 Å². The monoisotopic (exact) mass is 486 g/mol. The van der Waals surface area contributed by atoms with Crippen LogP contribution in [0.5, 0.6) is 0 Å². The Labute approximate surface area is 207 Å². The summed E-state index contributed by atoms with van der Waals surface area (Å²) in [6.45, 7) is 1.53. The summed E-state index contributed by atoms with van der Waals surface area (Å²) in [6, 6.07) is 26.5. The molecule has 7 heteroatoms. The number of imidazole rings is 1. The molecule has 0 fully saturated rings. The van der Waals surface area contributed by atoms with Gasteiger partial charge in [-0.05, 0) is 40.8 Å². The van der Waals surface area contributed by atoms with Gasteiger partial charge in [0.05, 0.1) is 24.8 Å². The average molecular weight is 487 g/mol. The fraction of sp³-hybridized carbons (Fsp3) is 0.250. The fourth-order valence-electron chi connectivity index (χ4n) is 4.91. The number of sulfonamides is 1. The maximum atomic E-state index is 13.1. The maximum Gasteiger partial charge on any atom is 0.211 e. The molecule has 0 unspecified atom stereocenters. The Morgan fingerprint density at radius 2 is 1.66 bits per heavy atom. The Morgan fingerprint density at radius 1 is 0.943 bits per heavy atom. The fourth-order valence-corrected chi connectivity index (χ4v) is 5.96. The highest BCUT2D eigenvalue weighted by Gasteiger charge is 2.33. The quantitative estimate of drug-likeness (QED) is 0.403. The lowest BCUT2D eigenvalue weighted by Gasteiger charge is -2.31. The van der Waals surface area contributed by atoms with Crippen molar-refractivity contribution in [3.05, 3.63) is 108 Å². The molecule has 1 atom stereocenters. The first-order valence-corrected chi connectivity index (χ1v) is 13.6. The van der Waals surface area contributed by atoms with Crippen molar-refractivity contribution in [3.8, 4) is 11.1 Å². The van der Waals surface area contributed by atoms with Gasteiger partial charge in [-0.3, -0.25) is 0 Å². The molecular formula is C28H30N4O2S. The molecule has 0 radical (unpaired) electrons. The third-order valence-electron chi connectivity index (χ3n) is 6.54. The Morgan fingerprint density at radius 3 is 2.31 bits per heavy atom. The third kappa shape index (κ3) is 5.31. The molecule has 1 aliphatic heterocycles. The molecular weight excluding hydrogens is 456 g/mol. The molecule has 2 heterocycles. The normalized spacial score (nSPS) is 16.6. The van der Waals surface area contributed by atoms with E-state index in [9.17, 15) is 8.42 Å². The summed E-state index contributed by atoms with van der Waals surface area (Å²) in [5, 5.41) is 0. The molecule has 0 amide bonds. The van der Waals surface area contributed by atoms with Crippen molar-refractivity contribution in [1.82, 2.24) is 13.9 Å². The van der Waals surface area contributed by atoms with Gasteiger partial charge in [-0.25, -0.2) is 13.4 Å². The minimum atomic E-state index is -3.44. The molecule has 0 saturated carbocycles. The lowest BCUT2D eigenvalue weighted by molar-refractivity contribution is 0.320. The highest BCUT2D eigenvalue weighted by atomic mass is 32.2. The van der Waals surface area contributed by atoms with Gasteiger partial charge in [0, 0.05) is 38.1 Å². The SMILES string of the molecule is Cn1cnc(CN2C[C@@H](Cc3ccccc3)N(S(C)(=O)=O)Cc3cc(-c4ccccc4)ccc32)c1. The van der Waals surface area contributed by atoms with Gasteiger partial charge >= 0.3 is 0 Å². The molecule has 4 aromatic rings. The second-order valence-corrected chi connectivity index (χ2v) is 11.2. The van der Waals surface area contributed by atoms with Crippen LogP contribution in [0.3, 0.4) is 0 Å². The molecule has 0 spiro atoms. The maximum absolute atomic E-state index is 13.1. The topological polar surface area (TPSA) is 58.4 Å². The summed E-state index contributed by atoms with van der Waals surface area (Å²) >= 11 is 0. The summed E-state index contributed by atoms with van der Waals surface area (Å²) in [5.74, 6) is 0. The molecule has 1 aromatic heterocycles. The minimum Gasteiger partial charge on any atom is -0.364 e. The van der Waals surface area contributed by atoms with Crippen molar-refractivity contribution in [2.45, 2.75) is 25.6 Å². The van der Waals surface area contributed by atoms with Gasteiger partial charge < -0.3 is 9.47 Å². The van der Waals surface area contributed by atoms with E-state index in [1.165, 1.54) is 6.26 Å². The van der Waals surface area contributed by atoms with Gasteiger partial charge in [-0.2, -0.15) is 4.31 Å². The predicted octanol–water partition coefficient (Wildman–Crippen LogP) is 4.48. The van der Waals surface area contributed by atoms with Crippen molar-refractivity contribution >= 4 is 15.7 Å². The van der Waals surface area contributed by atoms with Gasteiger partial charge in [-0.1, -0.05) is 66.7 Å². The van der Waals surface area contributed by atoms with Crippen LogP contribution >= 0.6 is 0 Å². The number of hydrogen-bond acceptors (Lipinski definition) is 4. The average Bonchev–Trinajstić information content (AvgIpc) is 3.19. The number of hydrogen-bond donors (Lipinski definition) is 0. The van der Waals surface area contributed by atoms with Gasteiger partial charge in [-0.15, -0.1) is 0 Å². The Balaban J connectivity index is 1.59. The lowest BCUT2D eigenvalue weighted by atomic mass is 10.0.